The largest absolute Gasteiger partial charge is 0.480 e. The monoisotopic (exact) mass is 395 g/mol. The lowest BCUT2D eigenvalue weighted by Gasteiger charge is -2.19. The minimum absolute atomic E-state index is 0.0505. The first-order valence-corrected chi connectivity index (χ1v) is 8.61. The van der Waals surface area contributed by atoms with Gasteiger partial charge < -0.3 is 10.1 Å². The highest BCUT2D eigenvalue weighted by Crippen LogP contribution is 2.27. The number of hydrogen-bond donors (Lipinski definition) is 3. The molecule has 0 aliphatic rings. The van der Waals surface area contributed by atoms with E-state index in [9.17, 15) is 9.18 Å². The molecule has 0 aromatic heterocycles. The normalized spacial score (nSPS) is 11.4. The standard InChI is InChI=1S/C18H19ClFN3O2S/c1-10-8-13(19)9-11(2)16(10)25-12(3)17(24)22-23-18(26)21-15-7-5-4-6-14(15)20/h4-9,12H,1-3H3,(H,22,24)(H2,21,23,26)/t12-/m0/s1. The van der Waals surface area contributed by atoms with Gasteiger partial charge in [0.05, 0.1) is 5.69 Å². The number of ether oxygens (including phenoxy) is 1. The van der Waals surface area contributed by atoms with E-state index in [0.29, 0.717) is 10.8 Å². The highest BCUT2D eigenvalue weighted by atomic mass is 35.5. The quantitative estimate of drug-likeness (QED) is 0.541. The minimum atomic E-state index is -0.780. The predicted molar refractivity (Wildman–Crippen MR) is 105 cm³/mol. The Morgan fingerprint density at radius 1 is 1.19 bits per heavy atom. The van der Waals surface area contributed by atoms with Gasteiger partial charge in [-0.05, 0) is 68.4 Å². The second-order valence-electron chi connectivity index (χ2n) is 5.68. The van der Waals surface area contributed by atoms with Gasteiger partial charge in [0.25, 0.3) is 5.91 Å². The molecule has 0 fully saturated rings. The Hall–Kier alpha value is -2.38. The summed E-state index contributed by atoms with van der Waals surface area (Å²) in [6, 6.07) is 9.59. The molecule has 0 aliphatic carbocycles. The summed E-state index contributed by atoms with van der Waals surface area (Å²) in [6.45, 7) is 5.31. The van der Waals surface area contributed by atoms with Crippen molar-refractivity contribution in [1.29, 1.82) is 0 Å². The van der Waals surface area contributed by atoms with E-state index in [1.807, 2.05) is 13.8 Å². The van der Waals surface area contributed by atoms with E-state index in [4.69, 9.17) is 28.6 Å². The zero-order chi connectivity index (χ0) is 19.3. The molecule has 0 bridgehead atoms. The van der Waals surface area contributed by atoms with E-state index in [1.54, 1.807) is 31.2 Å². The van der Waals surface area contributed by atoms with Crippen LogP contribution in [-0.4, -0.2) is 17.1 Å². The van der Waals surface area contributed by atoms with Crippen molar-refractivity contribution < 1.29 is 13.9 Å². The van der Waals surface area contributed by atoms with Crippen molar-refractivity contribution in [2.24, 2.45) is 0 Å². The Morgan fingerprint density at radius 2 is 1.81 bits per heavy atom. The summed E-state index contributed by atoms with van der Waals surface area (Å²) < 4.78 is 19.3. The second kappa shape index (κ2) is 8.82. The molecule has 0 heterocycles. The van der Waals surface area contributed by atoms with Gasteiger partial charge in [-0.25, -0.2) is 4.39 Å². The number of rotatable bonds is 4. The first-order chi connectivity index (χ1) is 12.3. The highest BCUT2D eigenvalue weighted by molar-refractivity contribution is 7.80. The Bertz CT molecular complexity index is 809. The molecule has 0 radical (unpaired) electrons. The van der Waals surface area contributed by atoms with Crippen molar-refractivity contribution in [3.63, 3.8) is 0 Å². The van der Waals surface area contributed by atoms with Crippen molar-refractivity contribution in [3.8, 4) is 5.75 Å². The van der Waals surface area contributed by atoms with Crippen LogP contribution in [0.4, 0.5) is 10.1 Å². The van der Waals surface area contributed by atoms with Gasteiger partial charge in [0, 0.05) is 5.02 Å². The number of aryl methyl sites for hydroxylation is 2. The van der Waals surface area contributed by atoms with Crippen LogP contribution in [0.15, 0.2) is 36.4 Å². The highest BCUT2D eigenvalue weighted by Gasteiger charge is 2.17. The number of hydrazine groups is 1. The first-order valence-electron chi connectivity index (χ1n) is 7.82. The molecule has 2 rings (SSSR count). The molecule has 8 heteroatoms. The van der Waals surface area contributed by atoms with Crippen LogP contribution in [0.1, 0.15) is 18.1 Å². The first kappa shape index (κ1) is 19.9. The Balaban J connectivity index is 1.89. The fourth-order valence-electron chi connectivity index (χ4n) is 2.25. The van der Waals surface area contributed by atoms with E-state index in [0.717, 1.165) is 11.1 Å². The molecule has 0 spiro atoms. The Labute approximate surface area is 161 Å². The van der Waals surface area contributed by atoms with Crippen LogP contribution in [-0.2, 0) is 4.79 Å². The fourth-order valence-corrected chi connectivity index (χ4v) is 2.74. The molecule has 3 N–H and O–H groups in total. The van der Waals surface area contributed by atoms with Crippen molar-refractivity contribution >= 4 is 40.5 Å². The third-order valence-electron chi connectivity index (χ3n) is 3.51. The van der Waals surface area contributed by atoms with Gasteiger partial charge in [0.1, 0.15) is 11.6 Å². The summed E-state index contributed by atoms with van der Waals surface area (Å²) in [4.78, 5) is 12.2. The summed E-state index contributed by atoms with van der Waals surface area (Å²) in [5.41, 5.74) is 6.81. The van der Waals surface area contributed by atoms with Crippen molar-refractivity contribution in [2.45, 2.75) is 26.9 Å². The van der Waals surface area contributed by atoms with Crippen LogP contribution in [0, 0.1) is 19.7 Å². The number of para-hydroxylation sites is 1. The third-order valence-corrected chi connectivity index (χ3v) is 3.93. The van der Waals surface area contributed by atoms with Crippen LogP contribution in [0.3, 0.4) is 0 Å². The van der Waals surface area contributed by atoms with Gasteiger partial charge in [0.2, 0.25) is 0 Å². The van der Waals surface area contributed by atoms with Crippen molar-refractivity contribution in [1.82, 2.24) is 10.9 Å². The molecule has 26 heavy (non-hydrogen) atoms. The van der Waals surface area contributed by atoms with Crippen LogP contribution < -0.4 is 20.9 Å². The molecule has 1 amide bonds. The molecule has 0 saturated heterocycles. The lowest BCUT2D eigenvalue weighted by Crippen LogP contribution is -2.48. The average Bonchev–Trinajstić information content (AvgIpc) is 2.57. The number of benzene rings is 2. The maximum absolute atomic E-state index is 13.6. The molecule has 1 atom stereocenters. The predicted octanol–water partition coefficient (Wildman–Crippen LogP) is 3.88. The Morgan fingerprint density at radius 3 is 2.42 bits per heavy atom. The van der Waals surface area contributed by atoms with Crippen LogP contribution in [0.25, 0.3) is 0 Å². The lowest BCUT2D eigenvalue weighted by atomic mass is 10.1. The van der Waals surface area contributed by atoms with Gasteiger partial charge in [-0.1, -0.05) is 23.7 Å². The van der Waals surface area contributed by atoms with Crippen LogP contribution in [0.2, 0.25) is 5.02 Å². The number of carbonyl (C=O) groups excluding carboxylic acids is 1. The van der Waals surface area contributed by atoms with E-state index in [1.165, 1.54) is 12.1 Å². The fraction of sp³-hybridized carbons (Fsp3) is 0.222. The number of hydrogen-bond acceptors (Lipinski definition) is 3. The van der Waals surface area contributed by atoms with E-state index in [2.05, 4.69) is 16.2 Å². The summed E-state index contributed by atoms with van der Waals surface area (Å²) in [7, 11) is 0. The van der Waals surface area contributed by atoms with Crippen molar-refractivity contribution in [3.05, 3.63) is 58.4 Å². The molecular weight excluding hydrogens is 377 g/mol. The van der Waals surface area contributed by atoms with E-state index in [-0.39, 0.29) is 10.8 Å². The average molecular weight is 396 g/mol. The molecular formula is C18H19ClFN3O2S. The van der Waals surface area contributed by atoms with Gasteiger partial charge in [-0.15, -0.1) is 0 Å². The Kier molecular flexibility index (Phi) is 6.76. The third kappa shape index (κ3) is 5.31. The summed E-state index contributed by atoms with van der Waals surface area (Å²) in [6.07, 6.45) is -0.780. The summed E-state index contributed by atoms with van der Waals surface area (Å²) >= 11 is 11.0. The number of halogens is 2. The van der Waals surface area contributed by atoms with E-state index >= 15 is 0 Å². The zero-order valence-electron chi connectivity index (χ0n) is 14.5. The summed E-state index contributed by atoms with van der Waals surface area (Å²) in [5.74, 6) is -0.283. The number of anilines is 1. The number of amides is 1. The molecule has 0 aliphatic heterocycles. The van der Waals surface area contributed by atoms with Gasteiger partial charge in [0.15, 0.2) is 11.2 Å². The SMILES string of the molecule is Cc1cc(Cl)cc(C)c1O[C@@H](C)C(=O)NNC(=S)Nc1ccccc1F. The van der Waals surface area contributed by atoms with Gasteiger partial charge >= 0.3 is 0 Å². The molecule has 138 valence electrons. The molecule has 0 unspecified atom stereocenters. The number of thiocarbonyl (C=S) groups is 1. The van der Waals surface area contributed by atoms with E-state index < -0.39 is 17.8 Å². The minimum Gasteiger partial charge on any atom is -0.480 e. The maximum Gasteiger partial charge on any atom is 0.279 e. The topological polar surface area (TPSA) is 62.4 Å². The molecule has 2 aromatic rings. The number of nitrogens with one attached hydrogen (secondary N) is 3. The number of carbonyl (C=O) groups is 1. The van der Waals surface area contributed by atoms with Crippen LogP contribution in [0.5, 0.6) is 5.75 Å². The molecule has 0 saturated carbocycles. The van der Waals surface area contributed by atoms with Gasteiger partial charge in [-0.3, -0.25) is 15.6 Å². The van der Waals surface area contributed by atoms with Gasteiger partial charge in [-0.2, -0.15) is 0 Å². The maximum atomic E-state index is 13.6. The zero-order valence-corrected chi connectivity index (χ0v) is 16.1. The second-order valence-corrected chi connectivity index (χ2v) is 6.52. The lowest BCUT2D eigenvalue weighted by molar-refractivity contribution is -0.127. The van der Waals surface area contributed by atoms with Crippen LogP contribution >= 0.6 is 23.8 Å². The molecule has 2 aromatic carbocycles. The molecule has 5 nitrogen and oxygen atoms in total. The summed E-state index contributed by atoms with van der Waals surface area (Å²) in [5, 5.41) is 3.31. The smallest absolute Gasteiger partial charge is 0.279 e. The van der Waals surface area contributed by atoms with Crippen molar-refractivity contribution in [2.75, 3.05) is 5.32 Å².